The van der Waals surface area contributed by atoms with Gasteiger partial charge in [-0.15, -0.1) is 0 Å². The lowest BCUT2D eigenvalue weighted by Gasteiger charge is -2.31. The van der Waals surface area contributed by atoms with Crippen LogP contribution in [0, 0.1) is 0 Å². The maximum atomic E-state index is 13.5. The zero-order valence-electron chi connectivity index (χ0n) is 22.4. The number of halogens is 1. The van der Waals surface area contributed by atoms with Gasteiger partial charge in [-0.25, -0.2) is 14.3 Å². The minimum atomic E-state index is -0.759. The van der Waals surface area contributed by atoms with Gasteiger partial charge in [0.15, 0.2) is 0 Å². The molecule has 0 atom stereocenters. The normalized spacial score (nSPS) is 14.2. The minimum Gasteiger partial charge on any atom is -0.460 e. The average Bonchev–Trinajstić information content (AvgIpc) is 3.28. The molecule has 0 saturated carbocycles. The smallest absolute Gasteiger partial charge is 0.337 e. The van der Waals surface area contributed by atoms with E-state index in [2.05, 4.69) is 21.2 Å². The highest BCUT2D eigenvalue weighted by Crippen LogP contribution is 2.43. The van der Waals surface area contributed by atoms with Crippen LogP contribution in [0.5, 0.6) is 0 Å². The molecule has 0 amide bonds. The summed E-state index contributed by atoms with van der Waals surface area (Å²) in [6.45, 7) is 10.8. The molecule has 1 aliphatic rings. The number of carbonyl (C=O) groups excluding carboxylic acids is 2. The Balaban J connectivity index is 2.00. The molecule has 0 radical (unpaired) electrons. The molecule has 0 unspecified atom stereocenters. The number of carbonyl (C=O) groups is 2. The summed E-state index contributed by atoms with van der Waals surface area (Å²) >= 11 is 3.50. The molecular formula is C30H32BrN3O4. The second-order valence-electron chi connectivity index (χ2n) is 9.76. The first kappa shape index (κ1) is 27.4. The number of esters is 2. The molecular weight excluding hydrogens is 546 g/mol. The number of nitrogens with zero attached hydrogens (tertiary/aromatic N) is 2. The SMILES string of the molecule is CC1=C(C(=O)OC(C)C)C(c2cn(-c3ccccc3)nc2-c2ccc(Br)cc2)C(C(=O)OC(C)C)=C(C)N1. The molecule has 0 bridgehead atoms. The van der Waals surface area contributed by atoms with Gasteiger partial charge < -0.3 is 14.8 Å². The molecule has 3 aromatic rings. The Bertz CT molecular complexity index is 1360. The highest BCUT2D eigenvalue weighted by Gasteiger charge is 2.40. The monoisotopic (exact) mass is 577 g/mol. The first-order valence-electron chi connectivity index (χ1n) is 12.6. The summed E-state index contributed by atoms with van der Waals surface area (Å²) in [5.41, 5.74) is 4.99. The third-order valence-corrected chi connectivity index (χ3v) is 6.61. The average molecular weight is 579 g/mol. The molecule has 4 rings (SSSR count). The Morgan fingerprint density at radius 1 is 0.868 bits per heavy atom. The van der Waals surface area contributed by atoms with E-state index >= 15 is 0 Å². The van der Waals surface area contributed by atoms with E-state index in [-0.39, 0.29) is 12.2 Å². The molecule has 1 N–H and O–H groups in total. The number of dihydropyridines is 1. The zero-order valence-corrected chi connectivity index (χ0v) is 24.0. The molecule has 2 heterocycles. The van der Waals surface area contributed by atoms with E-state index in [4.69, 9.17) is 14.6 Å². The molecule has 0 fully saturated rings. The van der Waals surface area contributed by atoms with Crippen molar-refractivity contribution >= 4 is 27.9 Å². The van der Waals surface area contributed by atoms with Crippen molar-refractivity contribution in [3.63, 3.8) is 0 Å². The Kier molecular flexibility index (Phi) is 8.21. The molecule has 7 nitrogen and oxygen atoms in total. The first-order chi connectivity index (χ1) is 18.1. The highest BCUT2D eigenvalue weighted by atomic mass is 79.9. The van der Waals surface area contributed by atoms with Crippen LogP contribution in [0.15, 0.2) is 87.8 Å². The topological polar surface area (TPSA) is 82.5 Å². The number of rotatable bonds is 7. The van der Waals surface area contributed by atoms with Gasteiger partial charge in [0.2, 0.25) is 0 Å². The van der Waals surface area contributed by atoms with Gasteiger partial charge in [-0.1, -0.05) is 46.3 Å². The van der Waals surface area contributed by atoms with Crippen LogP contribution in [0.3, 0.4) is 0 Å². The van der Waals surface area contributed by atoms with Crippen LogP contribution >= 0.6 is 15.9 Å². The molecule has 0 aliphatic carbocycles. The second kappa shape index (κ2) is 11.4. The Morgan fingerprint density at radius 2 is 1.39 bits per heavy atom. The summed E-state index contributed by atoms with van der Waals surface area (Å²) in [7, 11) is 0. The van der Waals surface area contributed by atoms with Gasteiger partial charge in [0.25, 0.3) is 0 Å². The number of aromatic nitrogens is 2. The molecule has 0 saturated heterocycles. The third kappa shape index (κ3) is 5.75. The summed E-state index contributed by atoms with van der Waals surface area (Å²) in [5.74, 6) is -1.75. The molecule has 8 heteroatoms. The van der Waals surface area contributed by atoms with E-state index in [0.717, 1.165) is 15.7 Å². The summed E-state index contributed by atoms with van der Waals surface area (Å²) in [6.07, 6.45) is 1.22. The fraction of sp³-hybridized carbons (Fsp3) is 0.300. The lowest BCUT2D eigenvalue weighted by Crippen LogP contribution is -2.33. The van der Waals surface area contributed by atoms with Crippen LogP contribution < -0.4 is 5.32 Å². The van der Waals surface area contributed by atoms with Crippen molar-refractivity contribution in [3.8, 4) is 16.9 Å². The molecule has 1 aliphatic heterocycles. The van der Waals surface area contributed by atoms with Gasteiger partial charge in [0, 0.05) is 33.2 Å². The van der Waals surface area contributed by atoms with Gasteiger partial charge in [-0.3, -0.25) is 0 Å². The number of hydrogen-bond acceptors (Lipinski definition) is 6. The lowest BCUT2D eigenvalue weighted by atomic mass is 9.79. The Hall–Kier alpha value is -3.65. The predicted molar refractivity (Wildman–Crippen MR) is 150 cm³/mol. The second-order valence-corrected chi connectivity index (χ2v) is 10.7. The van der Waals surface area contributed by atoms with Gasteiger partial charge in [0.05, 0.1) is 40.7 Å². The fourth-order valence-electron chi connectivity index (χ4n) is 4.54. The summed E-state index contributed by atoms with van der Waals surface area (Å²) in [5, 5.41) is 8.16. The minimum absolute atomic E-state index is 0.334. The Morgan fingerprint density at radius 3 is 1.89 bits per heavy atom. The fourth-order valence-corrected chi connectivity index (χ4v) is 4.81. The maximum absolute atomic E-state index is 13.5. The zero-order chi connectivity index (χ0) is 27.6. The number of ether oxygens (including phenoxy) is 2. The van der Waals surface area contributed by atoms with Crippen LogP contribution in [0.25, 0.3) is 16.9 Å². The van der Waals surface area contributed by atoms with Gasteiger partial charge in [0.1, 0.15) is 0 Å². The van der Waals surface area contributed by atoms with Crippen LogP contribution in [-0.2, 0) is 19.1 Å². The van der Waals surface area contributed by atoms with Crippen LogP contribution in [0.4, 0.5) is 0 Å². The van der Waals surface area contributed by atoms with E-state index in [1.165, 1.54) is 0 Å². The number of hydrogen-bond donors (Lipinski definition) is 1. The molecule has 2 aromatic carbocycles. The van der Waals surface area contributed by atoms with Gasteiger partial charge in [-0.05, 0) is 65.8 Å². The van der Waals surface area contributed by atoms with Crippen molar-refractivity contribution in [1.82, 2.24) is 15.1 Å². The van der Waals surface area contributed by atoms with Crippen LogP contribution in [-0.4, -0.2) is 33.9 Å². The Labute approximate surface area is 231 Å². The summed E-state index contributed by atoms with van der Waals surface area (Å²) in [4.78, 5) is 27.1. The van der Waals surface area contributed by atoms with Crippen molar-refractivity contribution < 1.29 is 19.1 Å². The van der Waals surface area contributed by atoms with Gasteiger partial charge in [-0.2, -0.15) is 5.10 Å². The van der Waals surface area contributed by atoms with E-state index in [1.807, 2.05) is 74.6 Å². The molecule has 0 spiro atoms. The number of allylic oxidation sites excluding steroid dienone is 2. The summed E-state index contributed by atoms with van der Waals surface area (Å²) in [6, 6.07) is 17.5. The van der Waals surface area contributed by atoms with Crippen LogP contribution in [0.2, 0.25) is 0 Å². The summed E-state index contributed by atoms with van der Waals surface area (Å²) < 4.78 is 14.0. The third-order valence-electron chi connectivity index (χ3n) is 6.08. The quantitative estimate of drug-likeness (QED) is 0.325. The predicted octanol–water partition coefficient (Wildman–Crippen LogP) is 6.44. The van der Waals surface area contributed by atoms with Crippen molar-refractivity contribution in [2.45, 2.75) is 59.7 Å². The molecule has 198 valence electrons. The standard InChI is InChI=1S/C30H32BrN3O4/c1-17(2)37-29(35)25-19(5)32-20(6)26(30(36)38-18(3)4)27(25)24-16-34(23-10-8-7-9-11-23)33-28(24)21-12-14-22(31)15-13-21/h7-18,27,32H,1-6H3. The van der Waals surface area contributed by atoms with E-state index < -0.39 is 17.9 Å². The lowest BCUT2D eigenvalue weighted by molar-refractivity contribution is -0.143. The largest absolute Gasteiger partial charge is 0.460 e. The number of nitrogens with one attached hydrogen (secondary N) is 1. The number of benzene rings is 2. The molecule has 38 heavy (non-hydrogen) atoms. The molecule has 1 aromatic heterocycles. The van der Waals surface area contributed by atoms with E-state index in [1.54, 1.807) is 32.4 Å². The highest BCUT2D eigenvalue weighted by molar-refractivity contribution is 9.10. The van der Waals surface area contributed by atoms with Crippen molar-refractivity contribution in [1.29, 1.82) is 0 Å². The van der Waals surface area contributed by atoms with Crippen molar-refractivity contribution in [2.24, 2.45) is 0 Å². The van der Waals surface area contributed by atoms with Gasteiger partial charge >= 0.3 is 11.9 Å². The maximum Gasteiger partial charge on any atom is 0.337 e. The van der Waals surface area contributed by atoms with Crippen LogP contribution in [0.1, 0.15) is 53.0 Å². The van der Waals surface area contributed by atoms with Crippen molar-refractivity contribution in [3.05, 3.63) is 93.4 Å². The first-order valence-corrected chi connectivity index (χ1v) is 13.4. The van der Waals surface area contributed by atoms with Crippen molar-refractivity contribution in [2.75, 3.05) is 0 Å². The number of para-hydroxylation sites is 1. The van der Waals surface area contributed by atoms with E-state index in [0.29, 0.717) is 33.8 Å². The van der Waals surface area contributed by atoms with E-state index in [9.17, 15) is 9.59 Å².